The van der Waals surface area contributed by atoms with Crippen molar-refractivity contribution in [3.05, 3.63) is 35.4 Å². The monoisotopic (exact) mass is 258 g/mol. The first-order chi connectivity index (χ1) is 9.31. The molecule has 2 heteroatoms. The minimum atomic E-state index is 0.751. The third-order valence-electron chi connectivity index (χ3n) is 4.76. The number of rotatable bonds is 3. The van der Waals surface area contributed by atoms with E-state index in [1.54, 1.807) is 5.56 Å². The van der Waals surface area contributed by atoms with Gasteiger partial charge in [-0.1, -0.05) is 24.3 Å². The fourth-order valence-corrected chi connectivity index (χ4v) is 3.59. The minimum Gasteiger partial charge on any atom is -0.316 e. The number of likely N-dealkylation sites (N-methyl/N-ethyl adjacent to an activating group) is 1. The molecule has 2 unspecified atom stereocenters. The summed E-state index contributed by atoms with van der Waals surface area (Å²) in [4.78, 5) is 2.46. The number of likely N-dealkylation sites (tertiary alicyclic amines) is 1. The largest absolute Gasteiger partial charge is 0.316 e. The van der Waals surface area contributed by atoms with Crippen LogP contribution in [0.5, 0.6) is 0 Å². The van der Waals surface area contributed by atoms with Crippen LogP contribution in [0.15, 0.2) is 24.3 Å². The summed E-state index contributed by atoms with van der Waals surface area (Å²) in [5.74, 6) is 1.60. The molecule has 2 nitrogen and oxygen atoms in total. The standard InChI is InChI=1S/C17H26N2/c1-19-10-2-3-17(13-19)16-6-4-14(5-7-16)11-15-8-9-18-12-15/h4-7,15,17-18H,2-3,8-13H2,1H3. The van der Waals surface area contributed by atoms with Gasteiger partial charge in [-0.05, 0) is 75.3 Å². The molecular formula is C17H26N2. The van der Waals surface area contributed by atoms with E-state index >= 15 is 0 Å². The summed E-state index contributed by atoms with van der Waals surface area (Å²) >= 11 is 0. The predicted molar refractivity (Wildman–Crippen MR) is 80.6 cm³/mol. The van der Waals surface area contributed by atoms with Gasteiger partial charge in [0.1, 0.15) is 0 Å². The van der Waals surface area contributed by atoms with E-state index in [1.165, 1.54) is 57.4 Å². The molecule has 104 valence electrons. The van der Waals surface area contributed by atoms with Crippen molar-refractivity contribution in [1.29, 1.82) is 0 Å². The van der Waals surface area contributed by atoms with Gasteiger partial charge in [-0.25, -0.2) is 0 Å². The zero-order chi connectivity index (χ0) is 13.1. The van der Waals surface area contributed by atoms with Crippen LogP contribution in [0, 0.1) is 5.92 Å². The Labute approximate surface area is 117 Å². The number of hydrogen-bond acceptors (Lipinski definition) is 2. The first-order valence-corrected chi connectivity index (χ1v) is 7.79. The fourth-order valence-electron chi connectivity index (χ4n) is 3.59. The first kappa shape index (κ1) is 13.1. The number of piperidine rings is 1. The second-order valence-electron chi connectivity index (χ2n) is 6.41. The Bertz CT molecular complexity index is 392. The molecule has 2 aliphatic rings. The first-order valence-electron chi connectivity index (χ1n) is 7.79. The van der Waals surface area contributed by atoms with Crippen LogP contribution in [0.4, 0.5) is 0 Å². The molecule has 0 aliphatic carbocycles. The van der Waals surface area contributed by atoms with Gasteiger partial charge in [-0.3, -0.25) is 0 Å². The summed E-state index contributed by atoms with van der Waals surface area (Å²) in [5.41, 5.74) is 3.06. The van der Waals surface area contributed by atoms with E-state index in [2.05, 4.69) is 41.5 Å². The Kier molecular flexibility index (Phi) is 4.19. The molecule has 1 aromatic rings. The Morgan fingerprint density at radius 2 is 2.05 bits per heavy atom. The van der Waals surface area contributed by atoms with Crippen molar-refractivity contribution in [2.24, 2.45) is 5.92 Å². The van der Waals surface area contributed by atoms with E-state index in [0.717, 1.165) is 11.8 Å². The number of benzene rings is 1. The van der Waals surface area contributed by atoms with E-state index in [4.69, 9.17) is 0 Å². The van der Waals surface area contributed by atoms with Gasteiger partial charge in [0.2, 0.25) is 0 Å². The normalized spacial score (nSPS) is 28.7. The van der Waals surface area contributed by atoms with E-state index in [-0.39, 0.29) is 0 Å². The molecule has 1 aromatic carbocycles. The van der Waals surface area contributed by atoms with Crippen molar-refractivity contribution in [3.63, 3.8) is 0 Å². The van der Waals surface area contributed by atoms with E-state index in [0.29, 0.717) is 0 Å². The molecule has 0 radical (unpaired) electrons. The Hall–Kier alpha value is -0.860. The van der Waals surface area contributed by atoms with E-state index in [1.807, 2.05) is 0 Å². The molecular weight excluding hydrogens is 232 g/mol. The van der Waals surface area contributed by atoms with Gasteiger partial charge in [0.15, 0.2) is 0 Å². The van der Waals surface area contributed by atoms with Gasteiger partial charge in [0, 0.05) is 6.54 Å². The molecule has 0 amide bonds. The number of nitrogens with zero attached hydrogens (tertiary/aromatic N) is 1. The average Bonchev–Trinajstić information content (AvgIpc) is 2.92. The minimum absolute atomic E-state index is 0.751. The number of nitrogens with one attached hydrogen (secondary N) is 1. The lowest BCUT2D eigenvalue weighted by Crippen LogP contribution is -2.30. The predicted octanol–water partition coefficient (Wildman–Crippen LogP) is 2.65. The smallest absolute Gasteiger partial charge is 0.00472 e. The summed E-state index contributed by atoms with van der Waals surface area (Å²) in [7, 11) is 2.24. The van der Waals surface area contributed by atoms with Crippen LogP contribution in [0.25, 0.3) is 0 Å². The van der Waals surface area contributed by atoms with Crippen LogP contribution < -0.4 is 5.32 Å². The second kappa shape index (κ2) is 6.06. The lowest BCUT2D eigenvalue weighted by Gasteiger charge is -2.30. The fraction of sp³-hybridized carbons (Fsp3) is 0.647. The molecule has 2 saturated heterocycles. The highest BCUT2D eigenvalue weighted by Gasteiger charge is 2.19. The van der Waals surface area contributed by atoms with Gasteiger partial charge < -0.3 is 10.2 Å². The van der Waals surface area contributed by atoms with Gasteiger partial charge in [0.25, 0.3) is 0 Å². The van der Waals surface area contributed by atoms with Crippen molar-refractivity contribution >= 4 is 0 Å². The Morgan fingerprint density at radius 1 is 1.21 bits per heavy atom. The number of hydrogen-bond donors (Lipinski definition) is 1. The van der Waals surface area contributed by atoms with Gasteiger partial charge in [-0.15, -0.1) is 0 Å². The summed E-state index contributed by atoms with van der Waals surface area (Å²) in [5, 5.41) is 3.45. The molecule has 0 bridgehead atoms. The molecule has 2 fully saturated rings. The maximum absolute atomic E-state index is 3.45. The highest BCUT2D eigenvalue weighted by molar-refractivity contribution is 5.26. The zero-order valence-electron chi connectivity index (χ0n) is 12.1. The average molecular weight is 258 g/mol. The van der Waals surface area contributed by atoms with Gasteiger partial charge in [0.05, 0.1) is 0 Å². The van der Waals surface area contributed by atoms with Gasteiger partial charge in [-0.2, -0.15) is 0 Å². The Morgan fingerprint density at radius 3 is 2.74 bits per heavy atom. The SMILES string of the molecule is CN1CCCC(c2ccc(CC3CCNC3)cc2)C1. The van der Waals surface area contributed by atoms with Crippen LogP contribution in [0.2, 0.25) is 0 Å². The topological polar surface area (TPSA) is 15.3 Å². The molecule has 1 N–H and O–H groups in total. The molecule has 0 spiro atoms. The molecule has 2 heterocycles. The molecule has 19 heavy (non-hydrogen) atoms. The third kappa shape index (κ3) is 3.37. The van der Waals surface area contributed by atoms with E-state index in [9.17, 15) is 0 Å². The van der Waals surface area contributed by atoms with Crippen LogP contribution in [-0.4, -0.2) is 38.1 Å². The van der Waals surface area contributed by atoms with Crippen LogP contribution in [0.1, 0.15) is 36.3 Å². The maximum Gasteiger partial charge on any atom is 0.00472 e. The van der Waals surface area contributed by atoms with Crippen molar-refractivity contribution in [1.82, 2.24) is 10.2 Å². The van der Waals surface area contributed by atoms with Crippen LogP contribution in [-0.2, 0) is 6.42 Å². The molecule has 2 aliphatic heterocycles. The summed E-state index contributed by atoms with van der Waals surface area (Å²) in [6, 6.07) is 9.48. The van der Waals surface area contributed by atoms with Crippen LogP contribution >= 0.6 is 0 Å². The molecule has 0 saturated carbocycles. The summed E-state index contributed by atoms with van der Waals surface area (Å²) in [6.07, 6.45) is 5.29. The summed E-state index contributed by atoms with van der Waals surface area (Å²) < 4.78 is 0. The maximum atomic E-state index is 3.45. The van der Waals surface area contributed by atoms with Crippen molar-refractivity contribution < 1.29 is 0 Å². The van der Waals surface area contributed by atoms with Crippen LogP contribution in [0.3, 0.4) is 0 Å². The summed E-state index contributed by atoms with van der Waals surface area (Å²) in [6.45, 7) is 4.90. The second-order valence-corrected chi connectivity index (χ2v) is 6.41. The highest BCUT2D eigenvalue weighted by atomic mass is 15.1. The third-order valence-corrected chi connectivity index (χ3v) is 4.76. The lowest BCUT2D eigenvalue weighted by atomic mass is 9.89. The lowest BCUT2D eigenvalue weighted by molar-refractivity contribution is 0.251. The van der Waals surface area contributed by atoms with E-state index < -0.39 is 0 Å². The highest BCUT2D eigenvalue weighted by Crippen LogP contribution is 2.27. The molecule has 0 aromatic heterocycles. The molecule has 3 rings (SSSR count). The quantitative estimate of drug-likeness (QED) is 0.896. The van der Waals surface area contributed by atoms with Crippen molar-refractivity contribution in [2.75, 3.05) is 33.2 Å². The van der Waals surface area contributed by atoms with Crippen molar-refractivity contribution in [2.45, 2.75) is 31.6 Å². The molecule has 2 atom stereocenters. The van der Waals surface area contributed by atoms with Gasteiger partial charge >= 0.3 is 0 Å². The zero-order valence-corrected chi connectivity index (χ0v) is 12.1. The van der Waals surface area contributed by atoms with Crippen molar-refractivity contribution in [3.8, 4) is 0 Å². The Balaban J connectivity index is 1.61.